The van der Waals surface area contributed by atoms with Gasteiger partial charge in [-0.3, -0.25) is 0 Å². The summed E-state index contributed by atoms with van der Waals surface area (Å²) < 4.78 is 1.94. The molecule has 1 aromatic carbocycles. The molecule has 2 N–H and O–H groups in total. The molecule has 0 saturated heterocycles. The number of aromatic nitrogens is 2. The Morgan fingerprint density at radius 2 is 2.05 bits per heavy atom. The van der Waals surface area contributed by atoms with Gasteiger partial charge in [0.05, 0.1) is 11.4 Å². The lowest BCUT2D eigenvalue weighted by molar-refractivity contribution is 0.646. The Hall–Kier alpha value is -1.61. The van der Waals surface area contributed by atoms with Crippen molar-refractivity contribution in [3.63, 3.8) is 0 Å². The van der Waals surface area contributed by atoms with E-state index in [2.05, 4.69) is 56.2 Å². The van der Waals surface area contributed by atoms with Crippen molar-refractivity contribution in [2.75, 3.05) is 0 Å². The van der Waals surface area contributed by atoms with Crippen LogP contribution in [0.2, 0.25) is 0 Å². The molecule has 0 radical (unpaired) electrons. The lowest BCUT2D eigenvalue weighted by atomic mass is 10.0. The van der Waals surface area contributed by atoms with Gasteiger partial charge in [-0.1, -0.05) is 32.9 Å². The second kappa shape index (κ2) is 6.02. The van der Waals surface area contributed by atoms with Crippen molar-refractivity contribution < 1.29 is 0 Å². The number of rotatable bonds is 5. The summed E-state index contributed by atoms with van der Waals surface area (Å²) in [4.78, 5) is 0. The Balaban J connectivity index is 2.22. The van der Waals surface area contributed by atoms with Crippen LogP contribution in [0.4, 0.5) is 0 Å². The van der Waals surface area contributed by atoms with E-state index in [1.54, 1.807) is 0 Å². The molecule has 3 heteroatoms. The second-order valence-electron chi connectivity index (χ2n) is 5.38. The van der Waals surface area contributed by atoms with Crippen molar-refractivity contribution >= 4 is 0 Å². The normalized spacial score (nSPS) is 12.9. The number of benzene rings is 1. The minimum Gasteiger partial charge on any atom is -0.327 e. The van der Waals surface area contributed by atoms with Crippen LogP contribution in [0.25, 0.3) is 5.69 Å². The Labute approximate surface area is 115 Å². The van der Waals surface area contributed by atoms with Gasteiger partial charge in [-0.25, -0.2) is 4.68 Å². The van der Waals surface area contributed by atoms with Gasteiger partial charge in [0.25, 0.3) is 0 Å². The molecule has 0 aliphatic heterocycles. The van der Waals surface area contributed by atoms with Gasteiger partial charge >= 0.3 is 0 Å². The lowest BCUT2D eigenvalue weighted by Crippen LogP contribution is -2.21. The van der Waals surface area contributed by atoms with Crippen molar-refractivity contribution in [3.05, 3.63) is 47.8 Å². The average molecular weight is 257 g/mol. The van der Waals surface area contributed by atoms with E-state index in [4.69, 9.17) is 5.73 Å². The van der Waals surface area contributed by atoms with E-state index < -0.39 is 0 Å². The zero-order valence-electron chi connectivity index (χ0n) is 12.0. The highest BCUT2D eigenvalue weighted by atomic mass is 15.3. The molecule has 3 nitrogen and oxygen atoms in total. The van der Waals surface area contributed by atoms with E-state index in [1.165, 1.54) is 5.56 Å². The van der Waals surface area contributed by atoms with Crippen LogP contribution < -0.4 is 5.73 Å². The SMILES string of the molecule is CCC(N)Cc1cccc(-n2ccc(C(C)C)n2)c1. The Bertz CT molecular complexity index is 528. The maximum absolute atomic E-state index is 6.02. The van der Waals surface area contributed by atoms with Crippen molar-refractivity contribution in [2.24, 2.45) is 5.73 Å². The Morgan fingerprint density at radius 1 is 1.26 bits per heavy atom. The smallest absolute Gasteiger partial charge is 0.0654 e. The first kappa shape index (κ1) is 13.8. The fraction of sp³-hybridized carbons (Fsp3) is 0.438. The highest BCUT2D eigenvalue weighted by Gasteiger charge is 2.06. The molecule has 1 aromatic heterocycles. The number of nitrogens with zero attached hydrogens (tertiary/aromatic N) is 2. The quantitative estimate of drug-likeness (QED) is 0.893. The zero-order valence-corrected chi connectivity index (χ0v) is 12.0. The number of nitrogens with two attached hydrogens (primary N) is 1. The van der Waals surface area contributed by atoms with Gasteiger partial charge in [-0.05, 0) is 42.5 Å². The molecule has 0 fully saturated rings. The minimum atomic E-state index is 0.235. The van der Waals surface area contributed by atoms with E-state index in [0.717, 1.165) is 24.2 Å². The number of hydrogen-bond donors (Lipinski definition) is 1. The molecule has 1 unspecified atom stereocenters. The topological polar surface area (TPSA) is 43.8 Å². The molecule has 1 heterocycles. The van der Waals surface area contributed by atoms with Gasteiger partial charge in [0.2, 0.25) is 0 Å². The summed E-state index contributed by atoms with van der Waals surface area (Å²) in [6.07, 6.45) is 3.94. The van der Waals surface area contributed by atoms with Crippen LogP contribution in [-0.4, -0.2) is 15.8 Å². The lowest BCUT2D eigenvalue weighted by Gasteiger charge is -2.10. The molecule has 19 heavy (non-hydrogen) atoms. The Morgan fingerprint density at radius 3 is 2.68 bits per heavy atom. The van der Waals surface area contributed by atoms with E-state index >= 15 is 0 Å². The first-order chi connectivity index (χ1) is 9.10. The Kier molecular flexibility index (Phi) is 4.38. The largest absolute Gasteiger partial charge is 0.327 e. The first-order valence-corrected chi connectivity index (χ1v) is 7.00. The third kappa shape index (κ3) is 3.44. The van der Waals surface area contributed by atoms with Crippen LogP contribution in [0.15, 0.2) is 36.5 Å². The first-order valence-electron chi connectivity index (χ1n) is 7.00. The summed E-state index contributed by atoms with van der Waals surface area (Å²) in [5.41, 5.74) is 9.51. The minimum absolute atomic E-state index is 0.235. The monoisotopic (exact) mass is 257 g/mol. The molecular formula is C16H23N3. The van der Waals surface area contributed by atoms with Gasteiger partial charge in [-0.2, -0.15) is 5.10 Å². The molecule has 0 spiro atoms. The van der Waals surface area contributed by atoms with Crippen molar-refractivity contribution in [1.82, 2.24) is 9.78 Å². The summed E-state index contributed by atoms with van der Waals surface area (Å²) in [7, 11) is 0. The van der Waals surface area contributed by atoms with Gasteiger partial charge < -0.3 is 5.73 Å². The van der Waals surface area contributed by atoms with E-state index in [1.807, 2.05) is 10.9 Å². The van der Waals surface area contributed by atoms with Gasteiger partial charge in [0, 0.05) is 12.2 Å². The maximum atomic E-state index is 6.02. The van der Waals surface area contributed by atoms with Gasteiger partial charge in [0.1, 0.15) is 0 Å². The number of hydrogen-bond acceptors (Lipinski definition) is 2. The molecule has 2 aromatic rings. The van der Waals surface area contributed by atoms with Crippen LogP contribution in [0, 0.1) is 0 Å². The summed E-state index contributed by atoms with van der Waals surface area (Å²) in [6.45, 7) is 6.43. The van der Waals surface area contributed by atoms with Crippen LogP contribution in [-0.2, 0) is 6.42 Å². The predicted molar refractivity (Wildman–Crippen MR) is 79.6 cm³/mol. The third-order valence-corrected chi connectivity index (χ3v) is 3.40. The standard InChI is InChI=1S/C16H23N3/c1-4-14(17)10-13-6-5-7-15(11-13)19-9-8-16(18-19)12(2)3/h5-9,11-12,14H,4,10,17H2,1-3H3. The van der Waals surface area contributed by atoms with Gasteiger partial charge in [-0.15, -0.1) is 0 Å². The molecule has 1 atom stereocenters. The molecule has 0 aliphatic rings. The van der Waals surface area contributed by atoms with E-state index in [0.29, 0.717) is 5.92 Å². The maximum Gasteiger partial charge on any atom is 0.0654 e. The second-order valence-corrected chi connectivity index (χ2v) is 5.38. The molecule has 0 aliphatic carbocycles. The molecule has 0 amide bonds. The summed E-state index contributed by atoms with van der Waals surface area (Å²) in [5.74, 6) is 0.456. The summed E-state index contributed by atoms with van der Waals surface area (Å²) in [6, 6.07) is 10.8. The fourth-order valence-electron chi connectivity index (χ4n) is 2.06. The summed E-state index contributed by atoms with van der Waals surface area (Å²) >= 11 is 0. The van der Waals surface area contributed by atoms with Crippen molar-refractivity contribution in [1.29, 1.82) is 0 Å². The molecule has 0 bridgehead atoms. The highest BCUT2D eigenvalue weighted by Crippen LogP contribution is 2.16. The molecule has 2 rings (SSSR count). The van der Waals surface area contributed by atoms with Crippen LogP contribution >= 0.6 is 0 Å². The molecule has 102 valence electrons. The van der Waals surface area contributed by atoms with Crippen LogP contribution in [0.3, 0.4) is 0 Å². The zero-order chi connectivity index (χ0) is 13.8. The molecular weight excluding hydrogens is 234 g/mol. The van der Waals surface area contributed by atoms with Crippen molar-refractivity contribution in [3.8, 4) is 5.69 Å². The summed E-state index contributed by atoms with van der Waals surface area (Å²) in [5, 5.41) is 4.61. The molecule has 0 saturated carbocycles. The van der Waals surface area contributed by atoms with Crippen LogP contribution in [0.1, 0.15) is 44.4 Å². The third-order valence-electron chi connectivity index (χ3n) is 3.40. The van der Waals surface area contributed by atoms with E-state index in [9.17, 15) is 0 Å². The average Bonchev–Trinajstić information content (AvgIpc) is 2.88. The van der Waals surface area contributed by atoms with Crippen LogP contribution in [0.5, 0.6) is 0 Å². The van der Waals surface area contributed by atoms with E-state index in [-0.39, 0.29) is 6.04 Å². The van der Waals surface area contributed by atoms with Gasteiger partial charge in [0.15, 0.2) is 0 Å². The predicted octanol–water partition coefficient (Wildman–Crippen LogP) is 3.28. The highest BCUT2D eigenvalue weighted by molar-refractivity contribution is 5.36. The van der Waals surface area contributed by atoms with Crippen molar-refractivity contribution in [2.45, 2.75) is 45.6 Å². The fourth-order valence-corrected chi connectivity index (χ4v) is 2.06.